The van der Waals surface area contributed by atoms with Gasteiger partial charge in [-0.15, -0.1) is 0 Å². The summed E-state index contributed by atoms with van der Waals surface area (Å²) in [6.45, 7) is -0.373. The Morgan fingerprint density at radius 3 is 2.74 bits per heavy atom. The summed E-state index contributed by atoms with van der Waals surface area (Å²) in [7, 11) is 1.54. The van der Waals surface area contributed by atoms with Crippen LogP contribution in [-0.2, 0) is 4.65 Å². The van der Waals surface area contributed by atoms with Crippen molar-refractivity contribution in [2.45, 2.75) is 12.4 Å². The van der Waals surface area contributed by atoms with Gasteiger partial charge in [0.1, 0.15) is 5.75 Å². The molecule has 1 aliphatic heterocycles. The molecule has 0 bridgehead atoms. The summed E-state index contributed by atoms with van der Waals surface area (Å²) in [5.41, 5.74) is 7.22. The van der Waals surface area contributed by atoms with Crippen LogP contribution < -0.4 is 15.9 Å². The Kier molecular flexibility index (Phi) is 4.78. The number of ether oxygens (including phenoxy) is 1. The molecule has 2 unspecified atom stereocenters. The van der Waals surface area contributed by atoms with E-state index in [4.69, 9.17) is 25.3 Å². The predicted octanol–water partition coefficient (Wildman–Crippen LogP) is -1.74. The number of hydrogen-bond donors (Lipinski definition) is 4. The van der Waals surface area contributed by atoms with Crippen molar-refractivity contribution in [2.75, 3.05) is 19.8 Å². The van der Waals surface area contributed by atoms with Gasteiger partial charge in [-0.2, -0.15) is 0 Å². The van der Waals surface area contributed by atoms with Gasteiger partial charge in [0.2, 0.25) is 6.29 Å². The van der Waals surface area contributed by atoms with E-state index in [-0.39, 0.29) is 19.3 Å². The third-order valence-corrected chi connectivity index (χ3v) is 3.13. The summed E-state index contributed by atoms with van der Waals surface area (Å²) in [6, 6.07) is 5.34. The highest BCUT2D eigenvalue weighted by Crippen LogP contribution is 2.25. The first kappa shape index (κ1) is 14.3. The van der Waals surface area contributed by atoms with Gasteiger partial charge in [0.15, 0.2) is 0 Å². The van der Waals surface area contributed by atoms with Crippen molar-refractivity contribution in [1.29, 1.82) is 0 Å². The van der Waals surface area contributed by atoms with Gasteiger partial charge in [0, 0.05) is 6.54 Å². The molecule has 1 aliphatic rings. The molecule has 0 fully saturated rings. The molecular weight excluding hydrogens is 249 g/mol. The second kappa shape index (κ2) is 6.36. The maximum Gasteiger partial charge on any atom is 0.335 e. The molecule has 0 saturated heterocycles. The quantitative estimate of drug-likeness (QED) is 0.360. The third kappa shape index (κ3) is 2.91. The molecule has 2 rings (SSSR count). The Balaban J connectivity index is 2.16. The van der Waals surface area contributed by atoms with Crippen LogP contribution >= 0.6 is 0 Å². The minimum atomic E-state index is -1.29. The van der Waals surface area contributed by atoms with Crippen LogP contribution in [0.15, 0.2) is 18.2 Å². The zero-order chi connectivity index (χ0) is 13.8. The molecule has 1 aromatic carbocycles. The number of benzene rings is 1. The number of rotatable bonds is 6. The zero-order valence-electron chi connectivity index (χ0n) is 10.4. The maximum absolute atomic E-state index is 9.80. The Hall–Kier alpha value is -1.12. The van der Waals surface area contributed by atoms with Gasteiger partial charge in [-0.1, -0.05) is 12.1 Å². The molecule has 1 aromatic rings. The van der Waals surface area contributed by atoms with E-state index in [1.165, 1.54) is 0 Å². The monoisotopic (exact) mass is 266 g/mol. The van der Waals surface area contributed by atoms with Crippen molar-refractivity contribution in [3.8, 4) is 5.75 Å². The predicted molar refractivity (Wildman–Crippen MR) is 69.0 cm³/mol. The lowest BCUT2D eigenvalue weighted by atomic mass is 9.85. The molecule has 0 amide bonds. The fourth-order valence-corrected chi connectivity index (χ4v) is 1.94. The van der Waals surface area contributed by atoms with Crippen LogP contribution in [0.3, 0.4) is 0 Å². The van der Waals surface area contributed by atoms with Crippen LogP contribution in [-0.4, -0.2) is 48.9 Å². The van der Waals surface area contributed by atoms with Crippen molar-refractivity contribution in [3.63, 3.8) is 0 Å². The second-order valence-corrected chi connectivity index (χ2v) is 4.37. The molecule has 1 radical (unpaired) electrons. The van der Waals surface area contributed by atoms with Crippen LogP contribution in [0.5, 0.6) is 5.75 Å². The van der Waals surface area contributed by atoms with E-state index in [0.29, 0.717) is 12.3 Å². The summed E-state index contributed by atoms with van der Waals surface area (Å²) >= 11 is 0. The second-order valence-electron chi connectivity index (χ2n) is 4.37. The van der Waals surface area contributed by atoms with Crippen molar-refractivity contribution in [1.82, 2.24) is 0 Å². The van der Waals surface area contributed by atoms with E-state index in [9.17, 15) is 5.11 Å². The van der Waals surface area contributed by atoms with E-state index in [1.807, 2.05) is 6.07 Å². The molecule has 7 heteroatoms. The molecule has 103 valence electrons. The fourth-order valence-electron chi connectivity index (χ4n) is 1.94. The highest BCUT2D eigenvalue weighted by atomic mass is 16.6. The van der Waals surface area contributed by atoms with Gasteiger partial charge in [-0.25, -0.2) is 0 Å². The van der Waals surface area contributed by atoms with Crippen molar-refractivity contribution in [3.05, 3.63) is 23.8 Å². The molecule has 1 heterocycles. The summed E-state index contributed by atoms with van der Waals surface area (Å²) < 4.78 is 10.8. The average Bonchev–Trinajstić information content (AvgIpc) is 2.84. The maximum atomic E-state index is 9.80. The van der Waals surface area contributed by atoms with Gasteiger partial charge >= 0.3 is 7.48 Å². The molecule has 6 nitrogen and oxygen atoms in total. The van der Waals surface area contributed by atoms with Crippen molar-refractivity contribution >= 4 is 12.9 Å². The lowest BCUT2D eigenvalue weighted by Crippen LogP contribution is -2.33. The molecule has 2 atom stereocenters. The van der Waals surface area contributed by atoms with Crippen LogP contribution in [0.1, 0.15) is 11.7 Å². The van der Waals surface area contributed by atoms with Crippen molar-refractivity contribution in [2.24, 2.45) is 11.7 Å². The van der Waals surface area contributed by atoms with Crippen molar-refractivity contribution < 1.29 is 24.7 Å². The van der Waals surface area contributed by atoms with E-state index >= 15 is 0 Å². The summed E-state index contributed by atoms with van der Waals surface area (Å²) in [6.07, 6.45) is -1.49. The van der Waals surface area contributed by atoms with Gasteiger partial charge in [-0.05, 0) is 17.1 Å². The summed E-state index contributed by atoms with van der Waals surface area (Å²) in [5.74, 6) is -0.309. The Bertz CT molecular complexity index is 427. The normalized spacial score (nSPS) is 19.1. The Labute approximate surface area is 112 Å². The van der Waals surface area contributed by atoms with Crippen LogP contribution in [0.2, 0.25) is 0 Å². The first-order valence-electron chi connectivity index (χ1n) is 6.09. The highest BCUT2D eigenvalue weighted by Gasteiger charge is 2.28. The highest BCUT2D eigenvalue weighted by molar-refractivity contribution is 6.50. The molecule has 0 saturated carbocycles. The molecule has 0 aromatic heterocycles. The Morgan fingerprint density at radius 2 is 2.11 bits per heavy atom. The number of hydrogen-bond acceptors (Lipinski definition) is 6. The number of aliphatic hydroxyl groups is 3. The molecule has 19 heavy (non-hydrogen) atoms. The molecule has 0 aliphatic carbocycles. The number of fused-ring (bicyclic) bond motifs is 1. The fraction of sp³-hybridized carbons (Fsp3) is 0.500. The standard InChI is InChI=1S/C12H17BNO5/c14-4-10-8-2-1-3-9(11(8)13-19-10)18-12(17)7(5-15)6-16/h1-3,7,10,12,15-17H,4-6,14H2. The SMILES string of the molecule is NCC1O[B]c2c(OC(O)C(CO)CO)cccc21. The molecule has 0 spiro atoms. The van der Waals surface area contributed by atoms with Gasteiger partial charge in [0.25, 0.3) is 0 Å². The summed E-state index contributed by atoms with van der Waals surface area (Å²) in [5, 5.41) is 27.8. The number of aliphatic hydroxyl groups excluding tert-OH is 3. The average molecular weight is 266 g/mol. The largest absolute Gasteiger partial charge is 0.465 e. The topological polar surface area (TPSA) is 105 Å². The summed E-state index contributed by atoms with van der Waals surface area (Å²) in [4.78, 5) is 0. The van der Waals surface area contributed by atoms with Crippen LogP contribution in [0.4, 0.5) is 0 Å². The van der Waals surface area contributed by atoms with E-state index < -0.39 is 12.2 Å². The number of nitrogens with two attached hydrogens (primary N) is 1. The zero-order valence-corrected chi connectivity index (χ0v) is 10.4. The van der Waals surface area contributed by atoms with Crippen LogP contribution in [0, 0.1) is 5.92 Å². The smallest absolute Gasteiger partial charge is 0.335 e. The van der Waals surface area contributed by atoms with E-state index in [0.717, 1.165) is 11.0 Å². The first-order chi connectivity index (χ1) is 9.21. The lowest BCUT2D eigenvalue weighted by Gasteiger charge is -2.21. The van der Waals surface area contributed by atoms with Gasteiger partial charge < -0.3 is 30.4 Å². The third-order valence-electron chi connectivity index (χ3n) is 3.13. The Morgan fingerprint density at radius 1 is 1.37 bits per heavy atom. The lowest BCUT2D eigenvalue weighted by molar-refractivity contribution is -0.0902. The van der Waals surface area contributed by atoms with Gasteiger partial charge in [0.05, 0.1) is 25.2 Å². The molecule has 5 N–H and O–H groups in total. The van der Waals surface area contributed by atoms with Gasteiger partial charge in [-0.3, -0.25) is 0 Å². The molecular formula is C12H17BNO5. The first-order valence-corrected chi connectivity index (χ1v) is 6.09. The van der Waals surface area contributed by atoms with E-state index in [1.54, 1.807) is 19.6 Å². The van der Waals surface area contributed by atoms with Crippen LogP contribution in [0.25, 0.3) is 0 Å². The van der Waals surface area contributed by atoms with E-state index in [2.05, 4.69) is 0 Å². The minimum Gasteiger partial charge on any atom is -0.465 e. The minimum absolute atomic E-state index is 0.206.